The van der Waals surface area contributed by atoms with Crippen LogP contribution in [0.15, 0.2) is 36.4 Å². The molecular weight excluding hydrogens is 220 g/mol. The molecule has 1 aliphatic rings. The topological polar surface area (TPSA) is 9.23 Å². The number of hydrogen-bond acceptors (Lipinski definition) is 1. The third-order valence-electron chi connectivity index (χ3n) is 4.15. The second kappa shape index (κ2) is 4.79. The molecule has 1 aromatic rings. The summed E-state index contributed by atoms with van der Waals surface area (Å²) in [6, 6.07) is 8.59. The summed E-state index contributed by atoms with van der Waals surface area (Å²) in [6.45, 7) is 8.95. The van der Waals surface area contributed by atoms with Crippen LogP contribution in [-0.2, 0) is 5.41 Å². The minimum Gasteiger partial charge on any atom is -0.484 e. The molecule has 0 N–H and O–H groups in total. The molecule has 1 nitrogen and oxygen atoms in total. The van der Waals surface area contributed by atoms with E-state index in [1.807, 2.05) is 0 Å². The van der Waals surface area contributed by atoms with Crippen LogP contribution in [0.3, 0.4) is 0 Å². The minimum atomic E-state index is -0.109. The molecule has 0 radical (unpaired) electrons. The van der Waals surface area contributed by atoms with Gasteiger partial charge in [-0.3, -0.25) is 0 Å². The molecule has 1 atom stereocenters. The zero-order valence-electron chi connectivity index (χ0n) is 12.0. The van der Waals surface area contributed by atoms with Crippen LogP contribution in [0.4, 0.5) is 0 Å². The SMILES string of the molecule is CCC(C)(C)c1ccc(OC2(C)C=CCC2)cc1. The molecule has 0 amide bonds. The van der Waals surface area contributed by atoms with Crippen molar-refractivity contribution in [3.8, 4) is 5.75 Å². The minimum absolute atomic E-state index is 0.109. The van der Waals surface area contributed by atoms with E-state index in [0.717, 1.165) is 25.0 Å². The van der Waals surface area contributed by atoms with E-state index >= 15 is 0 Å². The van der Waals surface area contributed by atoms with E-state index < -0.39 is 0 Å². The van der Waals surface area contributed by atoms with Crippen molar-refractivity contribution in [2.24, 2.45) is 0 Å². The smallest absolute Gasteiger partial charge is 0.125 e. The highest BCUT2D eigenvalue weighted by Crippen LogP contribution is 2.31. The normalized spacial score (nSPS) is 23.3. The number of allylic oxidation sites excluding steroid dienone is 1. The first-order valence-electron chi connectivity index (χ1n) is 6.92. The van der Waals surface area contributed by atoms with E-state index in [9.17, 15) is 0 Å². The van der Waals surface area contributed by atoms with Gasteiger partial charge in [-0.05, 0) is 55.4 Å². The van der Waals surface area contributed by atoms with Crippen LogP contribution in [0.25, 0.3) is 0 Å². The van der Waals surface area contributed by atoms with Gasteiger partial charge in [0.05, 0.1) is 0 Å². The molecule has 0 bridgehead atoms. The number of benzene rings is 1. The Balaban J connectivity index is 2.11. The van der Waals surface area contributed by atoms with Gasteiger partial charge in [0.1, 0.15) is 11.4 Å². The number of ether oxygens (including phenoxy) is 1. The van der Waals surface area contributed by atoms with Crippen molar-refractivity contribution in [3.05, 3.63) is 42.0 Å². The first-order valence-corrected chi connectivity index (χ1v) is 6.92. The Kier molecular flexibility index (Phi) is 3.52. The summed E-state index contributed by atoms with van der Waals surface area (Å²) < 4.78 is 6.08. The average molecular weight is 244 g/mol. The predicted octanol–water partition coefficient (Wildman–Crippen LogP) is 4.86. The Morgan fingerprint density at radius 2 is 1.89 bits per heavy atom. The van der Waals surface area contributed by atoms with Crippen molar-refractivity contribution in [2.75, 3.05) is 0 Å². The molecule has 1 unspecified atom stereocenters. The van der Waals surface area contributed by atoms with Gasteiger partial charge in [0.25, 0.3) is 0 Å². The molecular formula is C17H24O. The Hall–Kier alpha value is -1.24. The van der Waals surface area contributed by atoms with Crippen LogP contribution >= 0.6 is 0 Å². The van der Waals surface area contributed by atoms with Crippen molar-refractivity contribution in [3.63, 3.8) is 0 Å². The van der Waals surface area contributed by atoms with Crippen molar-refractivity contribution in [1.29, 1.82) is 0 Å². The maximum Gasteiger partial charge on any atom is 0.125 e. The number of hydrogen-bond donors (Lipinski definition) is 0. The lowest BCUT2D eigenvalue weighted by Crippen LogP contribution is -2.26. The summed E-state index contributed by atoms with van der Waals surface area (Å²) in [5.74, 6) is 0.972. The zero-order valence-corrected chi connectivity index (χ0v) is 12.0. The molecule has 1 heteroatoms. The molecule has 1 aliphatic carbocycles. The molecule has 0 heterocycles. The summed E-state index contributed by atoms with van der Waals surface area (Å²) in [5, 5.41) is 0. The van der Waals surface area contributed by atoms with E-state index in [1.165, 1.54) is 5.56 Å². The van der Waals surface area contributed by atoms with Crippen LogP contribution in [0.2, 0.25) is 0 Å². The Morgan fingerprint density at radius 3 is 2.39 bits per heavy atom. The lowest BCUT2D eigenvalue weighted by atomic mass is 9.82. The molecule has 0 saturated carbocycles. The molecule has 0 fully saturated rings. The monoisotopic (exact) mass is 244 g/mol. The molecule has 18 heavy (non-hydrogen) atoms. The van der Waals surface area contributed by atoms with Gasteiger partial charge in [0.15, 0.2) is 0 Å². The standard InChI is InChI=1S/C17H24O/c1-5-16(2,3)14-8-10-15(11-9-14)18-17(4)12-6-7-13-17/h6,8-12H,5,7,13H2,1-4H3. The molecule has 0 aliphatic heterocycles. The maximum absolute atomic E-state index is 6.08. The van der Waals surface area contributed by atoms with E-state index in [1.54, 1.807) is 0 Å². The molecule has 1 aromatic carbocycles. The fourth-order valence-corrected chi connectivity index (χ4v) is 2.32. The third kappa shape index (κ3) is 2.77. The second-order valence-corrected chi connectivity index (χ2v) is 6.12. The van der Waals surface area contributed by atoms with Crippen molar-refractivity contribution >= 4 is 0 Å². The number of rotatable bonds is 4. The summed E-state index contributed by atoms with van der Waals surface area (Å²) in [6.07, 6.45) is 7.73. The largest absolute Gasteiger partial charge is 0.484 e. The molecule has 0 aromatic heterocycles. The maximum atomic E-state index is 6.08. The van der Waals surface area contributed by atoms with E-state index in [-0.39, 0.29) is 11.0 Å². The van der Waals surface area contributed by atoms with Gasteiger partial charge < -0.3 is 4.74 Å². The van der Waals surface area contributed by atoms with Gasteiger partial charge in [0.2, 0.25) is 0 Å². The summed E-state index contributed by atoms with van der Waals surface area (Å²) in [4.78, 5) is 0. The van der Waals surface area contributed by atoms with Gasteiger partial charge in [0, 0.05) is 0 Å². The molecule has 0 spiro atoms. The second-order valence-electron chi connectivity index (χ2n) is 6.12. The van der Waals surface area contributed by atoms with Gasteiger partial charge in [-0.25, -0.2) is 0 Å². The molecule has 2 rings (SSSR count). The summed E-state index contributed by atoms with van der Waals surface area (Å²) in [5.41, 5.74) is 1.52. The zero-order chi connectivity index (χ0) is 13.2. The van der Waals surface area contributed by atoms with Crippen LogP contribution < -0.4 is 4.74 Å². The summed E-state index contributed by atoms with van der Waals surface area (Å²) >= 11 is 0. The van der Waals surface area contributed by atoms with Gasteiger partial charge >= 0.3 is 0 Å². The van der Waals surface area contributed by atoms with Crippen molar-refractivity contribution in [1.82, 2.24) is 0 Å². The Labute approximate surface area is 111 Å². The van der Waals surface area contributed by atoms with Crippen LogP contribution in [0, 0.1) is 0 Å². The lowest BCUT2D eigenvalue weighted by molar-refractivity contribution is 0.140. The van der Waals surface area contributed by atoms with Crippen LogP contribution in [0.1, 0.15) is 52.5 Å². The highest BCUT2D eigenvalue weighted by Gasteiger charge is 2.26. The summed E-state index contributed by atoms with van der Waals surface area (Å²) in [7, 11) is 0. The first-order chi connectivity index (χ1) is 8.45. The van der Waals surface area contributed by atoms with Crippen molar-refractivity contribution < 1.29 is 4.74 Å². The van der Waals surface area contributed by atoms with E-state index in [2.05, 4.69) is 64.1 Å². The Morgan fingerprint density at radius 1 is 1.22 bits per heavy atom. The molecule has 98 valence electrons. The average Bonchev–Trinajstić information content (AvgIpc) is 2.76. The highest BCUT2D eigenvalue weighted by molar-refractivity contribution is 5.32. The molecule has 0 saturated heterocycles. The van der Waals surface area contributed by atoms with Gasteiger partial charge in [-0.1, -0.05) is 39.0 Å². The van der Waals surface area contributed by atoms with E-state index in [0.29, 0.717) is 0 Å². The Bertz CT molecular complexity index is 427. The fourth-order valence-electron chi connectivity index (χ4n) is 2.32. The first kappa shape index (κ1) is 13.2. The predicted molar refractivity (Wildman–Crippen MR) is 77.2 cm³/mol. The van der Waals surface area contributed by atoms with Gasteiger partial charge in [-0.2, -0.15) is 0 Å². The van der Waals surface area contributed by atoms with Crippen LogP contribution in [-0.4, -0.2) is 5.60 Å². The lowest BCUT2D eigenvalue weighted by Gasteiger charge is -2.26. The highest BCUT2D eigenvalue weighted by atomic mass is 16.5. The third-order valence-corrected chi connectivity index (χ3v) is 4.15. The van der Waals surface area contributed by atoms with Crippen LogP contribution in [0.5, 0.6) is 5.75 Å². The van der Waals surface area contributed by atoms with Gasteiger partial charge in [-0.15, -0.1) is 0 Å². The van der Waals surface area contributed by atoms with E-state index in [4.69, 9.17) is 4.74 Å². The quantitative estimate of drug-likeness (QED) is 0.687. The van der Waals surface area contributed by atoms with Crippen molar-refractivity contribution in [2.45, 2.75) is 58.0 Å². The fraction of sp³-hybridized carbons (Fsp3) is 0.529.